The van der Waals surface area contributed by atoms with Gasteiger partial charge in [0.1, 0.15) is 11.4 Å². The summed E-state index contributed by atoms with van der Waals surface area (Å²) in [6.45, 7) is 4.68. The molecule has 0 aliphatic heterocycles. The Labute approximate surface area is 183 Å². The van der Waals surface area contributed by atoms with Gasteiger partial charge in [0, 0.05) is 22.8 Å². The first kappa shape index (κ1) is 21.7. The number of fused-ring (bicyclic) bond motifs is 1. The summed E-state index contributed by atoms with van der Waals surface area (Å²) in [6.07, 6.45) is 0. The van der Waals surface area contributed by atoms with Crippen molar-refractivity contribution in [2.45, 2.75) is 31.0 Å². The molecular weight excluding hydrogens is 452 g/mol. The zero-order valence-corrected chi connectivity index (χ0v) is 19.4. The van der Waals surface area contributed by atoms with E-state index in [1.807, 2.05) is 44.1 Å². The van der Waals surface area contributed by atoms with Gasteiger partial charge in [-0.15, -0.1) is 11.8 Å². The Bertz CT molecular complexity index is 1030. The van der Waals surface area contributed by atoms with E-state index in [2.05, 4.69) is 33.0 Å². The van der Waals surface area contributed by atoms with Crippen molar-refractivity contribution in [1.29, 1.82) is 0 Å². The predicted octanol–water partition coefficient (Wildman–Crippen LogP) is 5.48. The fraction of sp³-hybridized carbons (Fsp3) is 0.318. The van der Waals surface area contributed by atoms with E-state index < -0.39 is 5.97 Å². The molecule has 0 amide bonds. The maximum absolute atomic E-state index is 12.3. The number of hydrogen-bond acceptors (Lipinski definition) is 5. The average Bonchev–Trinajstić information content (AvgIpc) is 3.04. The van der Waals surface area contributed by atoms with Gasteiger partial charge in [0.15, 0.2) is 0 Å². The topological polar surface area (TPSA) is 65.6 Å². The van der Waals surface area contributed by atoms with Crippen molar-refractivity contribution in [3.05, 3.63) is 57.2 Å². The molecule has 0 saturated carbocycles. The summed E-state index contributed by atoms with van der Waals surface area (Å²) in [4.78, 5) is 18.7. The minimum Gasteiger partial charge on any atom is -0.507 e. The lowest BCUT2D eigenvalue weighted by molar-refractivity contribution is 0.0519. The number of hydrogen-bond donors (Lipinski definition) is 2. The van der Waals surface area contributed by atoms with E-state index in [0.717, 1.165) is 22.2 Å². The number of rotatable bonds is 7. The van der Waals surface area contributed by atoms with Crippen molar-refractivity contribution < 1.29 is 14.6 Å². The maximum Gasteiger partial charge on any atom is 0.355 e. The van der Waals surface area contributed by atoms with Gasteiger partial charge in [-0.3, -0.25) is 0 Å². The smallest absolute Gasteiger partial charge is 0.355 e. The molecule has 0 aliphatic carbocycles. The first-order valence-corrected chi connectivity index (χ1v) is 11.2. The molecule has 0 unspecified atom stereocenters. The molecule has 7 heteroatoms. The van der Waals surface area contributed by atoms with Crippen LogP contribution in [0, 0.1) is 6.92 Å². The Kier molecular flexibility index (Phi) is 6.93. The molecule has 3 rings (SSSR count). The van der Waals surface area contributed by atoms with E-state index in [-0.39, 0.29) is 12.4 Å². The van der Waals surface area contributed by atoms with E-state index in [9.17, 15) is 9.90 Å². The molecule has 0 spiro atoms. The number of nitrogens with zero attached hydrogens (tertiary/aromatic N) is 1. The normalized spacial score (nSPS) is 11.4. The van der Waals surface area contributed by atoms with Crippen LogP contribution in [0.3, 0.4) is 0 Å². The first-order valence-electron chi connectivity index (χ1n) is 9.39. The standard InChI is InChI=1S/C22H25BrN2O3S/c1-5-28-22(27)20-18(23)17-19(24-20)13(2)16(15(21(17)26)11-25(3)4)12-29-14-9-7-6-8-10-14/h6-10,24,26H,5,11-12H2,1-4H3. The quantitative estimate of drug-likeness (QED) is 0.349. The van der Waals surface area contributed by atoms with E-state index in [4.69, 9.17) is 4.74 Å². The number of halogens is 1. The molecule has 3 aromatic rings. The highest BCUT2D eigenvalue weighted by Crippen LogP contribution is 2.43. The second-order valence-corrected chi connectivity index (χ2v) is 8.90. The van der Waals surface area contributed by atoms with Gasteiger partial charge in [-0.2, -0.15) is 0 Å². The fourth-order valence-electron chi connectivity index (χ4n) is 3.35. The Morgan fingerprint density at radius 2 is 1.93 bits per heavy atom. The molecule has 0 aliphatic rings. The number of aromatic amines is 1. The van der Waals surface area contributed by atoms with E-state index in [1.54, 1.807) is 18.7 Å². The number of thioether (sulfide) groups is 1. The number of ether oxygens (including phenoxy) is 1. The lowest BCUT2D eigenvalue weighted by Crippen LogP contribution is -2.13. The van der Waals surface area contributed by atoms with Crippen LogP contribution in [-0.4, -0.2) is 41.7 Å². The molecule has 2 N–H and O–H groups in total. The first-order chi connectivity index (χ1) is 13.8. The molecular formula is C22H25BrN2O3S. The predicted molar refractivity (Wildman–Crippen MR) is 122 cm³/mol. The number of H-pyrrole nitrogens is 1. The molecule has 5 nitrogen and oxygen atoms in total. The highest BCUT2D eigenvalue weighted by atomic mass is 79.9. The number of benzene rings is 2. The average molecular weight is 477 g/mol. The summed E-state index contributed by atoms with van der Waals surface area (Å²) < 4.78 is 5.69. The van der Waals surface area contributed by atoms with E-state index in [1.165, 1.54) is 4.90 Å². The van der Waals surface area contributed by atoms with Crippen LogP contribution >= 0.6 is 27.7 Å². The fourth-order valence-corrected chi connectivity index (χ4v) is 5.05. The van der Waals surface area contributed by atoms with Crippen molar-refractivity contribution in [2.24, 2.45) is 0 Å². The number of aromatic nitrogens is 1. The molecule has 1 heterocycles. The third kappa shape index (κ3) is 4.47. The summed E-state index contributed by atoms with van der Waals surface area (Å²) in [6, 6.07) is 10.2. The lowest BCUT2D eigenvalue weighted by Gasteiger charge is -2.19. The van der Waals surface area contributed by atoms with Crippen LogP contribution in [0.15, 0.2) is 39.7 Å². The van der Waals surface area contributed by atoms with Crippen LogP contribution in [0.1, 0.15) is 34.1 Å². The summed E-state index contributed by atoms with van der Waals surface area (Å²) in [5.41, 5.74) is 4.04. The SMILES string of the molecule is CCOC(=O)c1[nH]c2c(C)c(CSc3ccccc3)c(CN(C)C)c(O)c2c1Br. The molecule has 0 saturated heterocycles. The number of aromatic hydroxyl groups is 1. The van der Waals surface area contributed by atoms with E-state index >= 15 is 0 Å². The van der Waals surface area contributed by atoms with Crippen molar-refractivity contribution in [3.63, 3.8) is 0 Å². The molecule has 0 bridgehead atoms. The summed E-state index contributed by atoms with van der Waals surface area (Å²) in [5.74, 6) is 0.471. The van der Waals surface area contributed by atoms with Crippen LogP contribution in [0.2, 0.25) is 0 Å². The van der Waals surface area contributed by atoms with Crippen LogP contribution in [-0.2, 0) is 17.0 Å². The molecule has 154 valence electrons. The number of carbonyl (C=O) groups excluding carboxylic acids is 1. The van der Waals surface area contributed by atoms with Crippen molar-refractivity contribution in [2.75, 3.05) is 20.7 Å². The molecule has 0 atom stereocenters. The Morgan fingerprint density at radius 3 is 2.55 bits per heavy atom. The van der Waals surface area contributed by atoms with Gasteiger partial charge in [-0.25, -0.2) is 4.79 Å². The van der Waals surface area contributed by atoms with Crippen molar-refractivity contribution >= 4 is 44.6 Å². The summed E-state index contributed by atoms with van der Waals surface area (Å²) >= 11 is 5.22. The number of phenols is 1. The summed E-state index contributed by atoms with van der Waals surface area (Å²) in [5, 5.41) is 11.8. The van der Waals surface area contributed by atoms with Gasteiger partial charge < -0.3 is 19.7 Å². The molecule has 0 radical (unpaired) electrons. The van der Waals surface area contributed by atoms with Crippen molar-refractivity contribution in [3.8, 4) is 5.75 Å². The Balaban J connectivity index is 2.15. The molecule has 1 aromatic heterocycles. The minimum atomic E-state index is -0.441. The third-order valence-electron chi connectivity index (χ3n) is 4.73. The lowest BCUT2D eigenvalue weighted by atomic mass is 9.98. The summed E-state index contributed by atoms with van der Waals surface area (Å²) in [7, 11) is 3.95. The highest BCUT2D eigenvalue weighted by Gasteiger charge is 2.25. The number of nitrogens with one attached hydrogen (secondary N) is 1. The molecule has 29 heavy (non-hydrogen) atoms. The number of aryl methyl sites for hydroxylation is 1. The number of phenolic OH excluding ortho intramolecular Hbond substituents is 1. The zero-order chi connectivity index (χ0) is 21.1. The van der Waals surface area contributed by atoms with Crippen LogP contribution in [0.25, 0.3) is 10.9 Å². The maximum atomic E-state index is 12.3. The second kappa shape index (κ2) is 9.24. The molecule has 2 aromatic carbocycles. The zero-order valence-electron chi connectivity index (χ0n) is 17.0. The Morgan fingerprint density at radius 1 is 1.24 bits per heavy atom. The second-order valence-electron chi connectivity index (χ2n) is 7.05. The van der Waals surface area contributed by atoms with Gasteiger partial charge in [0.2, 0.25) is 0 Å². The van der Waals surface area contributed by atoms with Gasteiger partial charge in [-0.05, 0) is 67.1 Å². The van der Waals surface area contributed by atoms with Gasteiger partial charge in [0.25, 0.3) is 0 Å². The van der Waals surface area contributed by atoms with Gasteiger partial charge in [0.05, 0.1) is 22.0 Å². The molecule has 0 fully saturated rings. The van der Waals surface area contributed by atoms with E-state index in [0.29, 0.717) is 27.9 Å². The highest BCUT2D eigenvalue weighted by molar-refractivity contribution is 9.10. The van der Waals surface area contributed by atoms with Crippen LogP contribution < -0.4 is 0 Å². The van der Waals surface area contributed by atoms with Gasteiger partial charge >= 0.3 is 5.97 Å². The minimum absolute atomic E-state index is 0.196. The third-order valence-corrected chi connectivity index (χ3v) is 6.57. The largest absolute Gasteiger partial charge is 0.507 e. The van der Waals surface area contributed by atoms with Crippen LogP contribution in [0.4, 0.5) is 0 Å². The number of esters is 1. The number of carbonyl (C=O) groups is 1. The Hall–Kier alpha value is -1.96. The van der Waals surface area contributed by atoms with Crippen molar-refractivity contribution in [1.82, 2.24) is 9.88 Å². The van der Waals surface area contributed by atoms with Crippen LogP contribution in [0.5, 0.6) is 5.75 Å². The van der Waals surface area contributed by atoms with Gasteiger partial charge in [-0.1, -0.05) is 18.2 Å². The monoisotopic (exact) mass is 476 g/mol.